The first kappa shape index (κ1) is 27.4. The number of carbonyl (C=O) groups excluding carboxylic acids is 1. The molecule has 3 saturated heterocycles. The molecule has 216 valence electrons. The number of amides is 1. The molecule has 0 saturated carbocycles. The number of fused-ring (bicyclic) bond motifs is 3. The molecule has 1 unspecified atom stereocenters. The molecule has 0 radical (unpaired) electrons. The van der Waals surface area contributed by atoms with E-state index < -0.39 is 5.82 Å². The number of anilines is 1. The zero-order valence-electron chi connectivity index (χ0n) is 23.2. The summed E-state index contributed by atoms with van der Waals surface area (Å²) in [6.07, 6.45) is 4.26. The molecular formula is C32H30Cl2FN5O2. The van der Waals surface area contributed by atoms with E-state index in [-0.39, 0.29) is 46.1 Å². The number of aromatic nitrogens is 2. The van der Waals surface area contributed by atoms with Gasteiger partial charge in [-0.1, -0.05) is 60.1 Å². The second kappa shape index (κ2) is 10.7. The molecule has 3 aromatic carbocycles. The zero-order valence-corrected chi connectivity index (χ0v) is 24.7. The van der Waals surface area contributed by atoms with Gasteiger partial charge < -0.3 is 19.4 Å². The summed E-state index contributed by atoms with van der Waals surface area (Å²) in [5, 5.41) is 2.86. The number of ether oxygens (including phenoxy) is 1. The van der Waals surface area contributed by atoms with Crippen LogP contribution in [0.1, 0.15) is 19.3 Å². The third-order valence-electron chi connectivity index (χ3n) is 9.07. The van der Waals surface area contributed by atoms with Gasteiger partial charge in [-0.25, -0.2) is 4.39 Å². The summed E-state index contributed by atoms with van der Waals surface area (Å²) in [4.78, 5) is 28.0. The van der Waals surface area contributed by atoms with Crippen molar-refractivity contribution in [1.82, 2.24) is 19.8 Å². The summed E-state index contributed by atoms with van der Waals surface area (Å²) in [6.45, 7) is 6.28. The summed E-state index contributed by atoms with van der Waals surface area (Å²) in [5.74, 6) is -0.0672. The molecule has 3 fully saturated rings. The highest BCUT2D eigenvalue weighted by Gasteiger charge is 2.49. The van der Waals surface area contributed by atoms with Crippen molar-refractivity contribution in [1.29, 1.82) is 0 Å². The number of benzene rings is 3. The van der Waals surface area contributed by atoms with Crippen LogP contribution in [-0.4, -0.2) is 77.1 Å². The van der Waals surface area contributed by atoms with Crippen LogP contribution in [0.4, 0.5) is 10.2 Å². The smallest absolute Gasteiger partial charge is 0.319 e. The molecule has 0 N–H and O–H groups in total. The maximum Gasteiger partial charge on any atom is 0.319 e. The number of hydrogen-bond donors (Lipinski definition) is 0. The monoisotopic (exact) mass is 605 g/mol. The minimum Gasteiger partial charge on any atom is -0.462 e. The molecule has 7 nitrogen and oxygen atoms in total. The van der Waals surface area contributed by atoms with Gasteiger partial charge in [0, 0.05) is 40.5 Å². The third-order valence-corrected chi connectivity index (χ3v) is 9.68. The second-order valence-electron chi connectivity index (χ2n) is 11.3. The Morgan fingerprint density at radius 3 is 2.69 bits per heavy atom. The van der Waals surface area contributed by atoms with E-state index in [1.807, 2.05) is 35.2 Å². The van der Waals surface area contributed by atoms with E-state index in [2.05, 4.69) is 28.4 Å². The van der Waals surface area contributed by atoms with Crippen LogP contribution < -0.4 is 9.64 Å². The van der Waals surface area contributed by atoms with Crippen LogP contribution in [0.25, 0.3) is 32.8 Å². The van der Waals surface area contributed by atoms with Gasteiger partial charge in [0.05, 0.1) is 17.1 Å². The van der Waals surface area contributed by atoms with Crippen LogP contribution in [-0.2, 0) is 4.79 Å². The molecule has 3 aliphatic rings. The number of nitrogens with zero attached hydrogens (tertiary/aromatic N) is 5. The fourth-order valence-corrected chi connectivity index (χ4v) is 7.39. The SMILES string of the molecule is C=CC(=O)N1CCC2[C@H]1CN2c1nc(OC[C@@H]2CCCN2C)nc2c(F)c(-c3cccc4cccc(Cl)c34)c(Cl)cc12. The van der Waals surface area contributed by atoms with Gasteiger partial charge in [0.15, 0.2) is 5.82 Å². The van der Waals surface area contributed by atoms with Crippen LogP contribution in [0.3, 0.4) is 0 Å². The third kappa shape index (κ3) is 4.39. The Balaban J connectivity index is 1.36. The number of halogens is 3. The number of rotatable bonds is 6. The van der Waals surface area contributed by atoms with Crippen molar-refractivity contribution < 1.29 is 13.9 Å². The van der Waals surface area contributed by atoms with Gasteiger partial charge in [0.2, 0.25) is 5.91 Å². The van der Waals surface area contributed by atoms with Crippen LogP contribution >= 0.6 is 23.2 Å². The topological polar surface area (TPSA) is 61.8 Å². The number of carbonyl (C=O) groups is 1. The fraction of sp³-hybridized carbons (Fsp3) is 0.344. The molecular weight excluding hydrogens is 576 g/mol. The predicted octanol–water partition coefficient (Wildman–Crippen LogP) is 6.34. The van der Waals surface area contributed by atoms with Crippen molar-refractivity contribution in [3.63, 3.8) is 0 Å². The molecule has 3 atom stereocenters. The van der Waals surface area contributed by atoms with Crippen molar-refractivity contribution in [3.05, 3.63) is 71.0 Å². The lowest BCUT2D eigenvalue weighted by Gasteiger charge is -2.47. The Labute approximate surface area is 253 Å². The lowest BCUT2D eigenvalue weighted by molar-refractivity contribution is -0.127. The van der Waals surface area contributed by atoms with E-state index in [4.69, 9.17) is 32.9 Å². The minimum atomic E-state index is -0.552. The first-order valence-electron chi connectivity index (χ1n) is 14.3. The van der Waals surface area contributed by atoms with E-state index in [0.29, 0.717) is 41.5 Å². The van der Waals surface area contributed by atoms with E-state index in [9.17, 15) is 4.79 Å². The van der Waals surface area contributed by atoms with Gasteiger partial charge in [0.1, 0.15) is 17.9 Å². The number of likely N-dealkylation sites (tertiary alicyclic amines) is 2. The van der Waals surface area contributed by atoms with E-state index >= 15 is 4.39 Å². The molecule has 42 heavy (non-hydrogen) atoms. The van der Waals surface area contributed by atoms with Gasteiger partial charge in [0.25, 0.3) is 0 Å². The summed E-state index contributed by atoms with van der Waals surface area (Å²) in [6, 6.07) is 13.4. The highest BCUT2D eigenvalue weighted by atomic mass is 35.5. The van der Waals surface area contributed by atoms with Gasteiger partial charge in [-0.15, -0.1) is 0 Å². The Kier molecular flexibility index (Phi) is 6.95. The molecule has 1 amide bonds. The zero-order chi connectivity index (χ0) is 29.1. The van der Waals surface area contributed by atoms with Gasteiger partial charge in [-0.05, 0) is 62.0 Å². The molecule has 0 aliphatic carbocycles. The highest BCUT2D eigenvalue weighted by molar-refractivity contribution is 6.38. The normalized spacial score (nSPS) is 22.0. The lowest BCUT2D eigenvalue weighted by Crippen LogP contribution is -2.63. The van der Waals surface area contributed by atoms with Gasteiger partial charge in [-0.2, -0.15) is 9.97 Å². The van der Waals surface area contributed by atoms with Gasteiger partial charge >= 0.3 is 6.01 Å². The molecule has 0 spiro atoms. The van der Waals surface area contributed by atoms with Crippen LogP contribution in [0.15, 0.2) is 55.1 Å². The van der Waals surface area contributed by atoms with E-state index in [1.54, 1.807) is 12.1 Å². The average Bonchev–Trinajstić information content (AvgIpc) is 3.54. The summed E-state index contributed by atoms with van der Waals surface area (Å²) < 4.78 is 22.9. The highest BCUT2D eigenvalue weighted by Crippen LogP contribution is 2.45. The van der Waals surface area contributed by atoms with Crippen molar-refractivity contribution in [2.75, 3.05) is 38.2 Å². The van der Waals surface area contributed by atoms with Crippen molar-refractivity contribution in [2.24, 2.45) is 0 Å². The van der Waals surface area contributed by atoms with Crippen molar-refractivity contribution in [2.45, 2.75) is 37.4 Å². The maximum atomic E-state index is 16.7. The molecule has 0 bridgehead atoms. The quantitative estimate of drug-likeness (QED) is 0.239. The van der Waals surface area contributed by atoms with Crippen LogP contribution in [0.5, 0.6) is 6.01 Å². The molecule has 7 rings (SSSR count). The predicted molar refractivity (Wildman–Crippen MR) is 165 cm³/mol. The van der Waals surface area contributed by atoms with Crippen LogP contribution in [0.2, 0.25) is 10.0 Å². The van der Waals surface area contributed by atoms with Gasteiger partial charge in [-0.3, -0.25) is 4.79 Å². The summed E-state index contributed by atoms with van der Waals surface area (Å²) in [7, 11) is 2.08. The first-order chi connectivity index (χ1) is 20.4. The Morgan fingerprint density at radius 1 is 1.12 bits per heavy atom. The number of hydrogen-bond acceptors (Lipinski definition) is 6. The van der Waals surface area contributed by atoms with Crippen molar-refractivity contribution in [3.8, 4) is 17.1 Å². The fourth-order valence-electron chi connectivity index (χ4n) is 6.81. The molecule has 1 aromatic heterocycles. The Hall–Kier alpha value is -3.46. The second-order valence-corrected chi connectivity index (χ2v) is 12.1. The maximum absolute atomic E-state index is 16.7. The largest absolute Gasteiger partial charge is 0.462 e. The average molecular weight is 607 g/mol. The molecule has 4 aromatic rings. The molecule has 3 aliphatic heterocycles. The van der Waals surface area contributed by atoms with Crippen molar-refractivity contribution >= 4 is 56.6 Å². The Bertz CT molecular complexity index is 1740. The number of likely N-dealkylation sites (N-methyl/N-ethyl adjacent to an activating group) is 1. The molecule has 10 heteroatoms. The standard InChI is InChI=1S/C32H30Cl2FN5O2/c1-3-26(41)39-14-12-24-25(39)16-40(24)31-21-15-23(34)28(20-10-4-7-18-8-5-11-22(33)27(18)20)29(35)30(21)36-32(37-31)42-17-19-9-6-13-38(19)2/h3-5,7-8,10-11,15,19,24-25H,1,6,9,12-14,16-17H2,2H3/t19-,24?,25+/m0/s1. The lowest BCUT2D eigenvalue weighted by atomic mass is 9.94. The summed E-state index contributed by atoms with van der Waals surface area (Å²) in [5.41, 5.74) is 0.967. The minimum absolute atomic E-state index is 0.0504. The Morgan fingerprint density at radius 2 is 1.93 bits per heavy atom. The molecule has 4 heterocycles. The first-order valence-corrected chi connectivity index (χ1v) is 15.0. The summed E-state index contributed by atoms with van der Waals surface area (Å²) >= 11 is 13.5. The van der Waals surface area contributed by atoms with Crippen LogP contribution in [0, 0.1) is 5.82 Å². The van der Waals surface area contributed by atoms with E-state index in [1.165, 1.54) is 6.08 Å². The van der Waals surface area contributed by atoms with E-state index in [0.717, 1.165) is 36.6 Å².